The Morgan fingerprint density at radius 2 is 2.20 bits per heavy atom. The van der Waals surface area contributed by atoms with Crippen LogP contribution in [0.15, 0.2) is 24.3 Å². The zero-order valence-electron chi connectivity index (χ0n) is 8.11. The molecule has 0 aromatic heterocycles. The third kappa shape index (κ3) is 2.00. The van der Waals surface area contributed by atoms with Gasteiger partial charge in [-0.25, -0.2) is 0 Å². The van der Waals surface area contributed by atoms with Crippen LogP contribution in [0.1, 0.15) is 6.42 Å². The third-order valence-electron chi connectivity index (χ3n) is 2.50. The van der Waals surface area contributed by atoms with E-state index in [1.54, 1.807) is 4.90 Å². The van der Waals surface area contributed by atoms with E-state index in [1.807, 2.05) is 24.3 Å². The number of carbonyl (C=O) groups excluding carboxylic acids is 1. The van der Waals surface area contributed by atoms with Gasteiger partial charge in [0.15, 0.2) is 0 Å². The highest BCUT2D eigenvalue weighted by Crippen LogP contribution is 2.28. The number of halogens is 1. The quantitative estimate of drug-likeness (QED) is 0.575. The maximum atomic E-state index is 11.7. The number of amides is 1. The van der Waals surface area contributed by atoms with E-state index < -0.39 is 0 Å². The van der Waals surface area contributed by atoms with E-state index >= 15 is 0 Å². The summed E-state index contributed by atoms with van der Waals surface area (Å²) in [6, 6.07) is 7.85. The van der Waals surface area contributed by atoms with Crippen LogP contribution in [0.25, 0.3) is 0 Å². The van der Waals surface area contributed by atoms with Crippen molar-refractivity contribution in [1.29, 1.82) is 0 Å². The number of benzene rings is 1. The molecular formula is C12H10INO. The number of hydrogen-bond donors (Lipinski definition) is 0. The standard InChI is InChI=1S/C12H10INO/c1-2-9-7-12(15)14(8-9)11-6-4-3-5-10(11)13/h1,3-6,9H,7-8H2. The molecule has 1 aromatic carbocycles. The Balaban J connectivity index is 2.30. The molecular weight excluding hydrogens is 301 g/mol. The van der Waals surface area contributed by atoms with Crippen molar-refractivity contribution in [1.82, 2.24) is 0 Å². The van der Waals surface area contributed by atoms with Crippen LogP contribution in [0, 0.1) is 21.8 Å². The maximum absolute atomic E-state index is 11.7. The van der Waals surface area contributed by atoms with Crippen molar-refractivity contribution in [2.24, 2.45) is 5.92 Å². The lowest BCUT2D eigenvalue weighted by Gasteiger charge is -2.17. The van der Waals surface area contributed by atoms with Crippen LogP contribution in [0.4, 0.5) is 5.69 Å². The molecule has 1 fully saturated rings. The number of rotatable bonds is 1. The second-order valence-corrected chi connectivity index (χ2v) is 4.69. The van der Waals surface area contributed by atoms with Crippen LogP contribution in [0.2, 0.25) is 0 Å². The van der Waals surface area contributed by atoms with E-state index in [2.05, 4.69) is 28.5 Å². The summed E-state index contributed by atoms with van der Waals surface area (Å²) < 4.78 is 1.08. The number of hydrogen-bond acceptors (Lipinski definition) is 1. The molecule has 1 unspecified atom stereocenters. The molecule has 0 aliphatic carbocycles. The molecule has 0 bridgehead atoms. The molecule has 1 aliphatic heterocycles. The van der Waals surface area contributed by atoms with Crippen molar-refractivity contribution in [3.63, 3.8) is 0 Å². The first kappa shape index (κ1) is 10.5. The van der Waals surface area contributed by atoms with Gasteiger partial charge in [-0.1, -0.05) is 12.1 Å². The molecule has 1 saturated heterocycles. The fourth-order valence-corrected chi connectivity index (χ4v) is 2.40. The molecule has 1 heterocycles. The summed E-state index contributed by atoms with van der Waals surface area (Å²) in [5.74, 6) is 2.84. The molecule has 0 spiro atoms. The number of terminal acetylenes is 1. The topological polar surface area (TPSA) is 20.3 Å². The van der Waals surface area contributed by atoms with Gasteiger partial charge in [0.1, 0.15) is 0 Å². The number of anilines is 1. The zero-order chi connectivity index (χ0) is 10.8. The molecule has 1 aliphatic rings. The maximum Gasteiger partial charge on any atom is 0.228 e. The lowest BCUT2D eigenvalue weighted by atomic mass is 10.1. The monoisotopic (exact) mass is 311 g/mol. The van der Waals surface area contributed by atoms with Gasteiger partial charge in [-0.3, -0.25) is 4.79 Å². The van der Waals surface area contributed by atoms with Gasteiger partial charge in [0, 0.05) is 22.5 Å². The summed E-state index contributed by atoms with van der Waals surface area (Å²) in [4.78, 5) is 13.5. The number of carbonyl (C=O) groups is 1. The van der Waals surface area contributed by atoms with Gasteiger partial charge in [-0.2, -0.15) is 0 Å². The largest absolute Gasteiger partial charge is 0.310 e. The molecule has 2 nitrogen and oxygen atoms in total. The van der Waals surface area contributed by atoms with E-state index in [4.69, 9.17) is 6.42 Å². The second-order valence-electron chi connectivity index (χ2n) is 3.52. The molecule has 1 atom stereocenters. The average molecular weight is 311 g/mol. The second kappa shape index (κ2) is 4.23. The Hall–Kier alpha value is -1.02. The van der Waals surface area contributed by atoms with E-state index in [1.165, 1.54) is 0 Å². The summed E-state index contributed by atoms with van der Waals surface area (Å²) in [7, 11) is 0. The highest BCUT2D eigenvalue weighted by Gasteiger charge is 2.30. The summed E-state index contributed by atoms with van der Waals surface area (Å²) >= 11 is 2.23. The van der Waals surface area contributed by atoms with E-state index in [9.17, 15) is 4.79 Å². The highest BCUT2D eigenvalue weighted by atomic mass is 127. The Morgan fingerprint density at radius 3 is 2.80 bits per heavy atom. The van der Waals surface area contributed by atoms with Crippen LogP contribution in [0.3, 0.4) is 0 Å². The van der Waals surface area contributed by atoms with Crippen molar-refractivity contribution < 1.29 is 4.79 Å². The van der Waals surface area contributed by atoms with Gasteiger partial charge < -0.3 is 4.90 Å². The lowest BCUT2D eigenvalue weighted by Crippen LogP contribution is -2.25. The number of para-hydroxylation sites is 1. The van der Waals surface area contributed by atoms with E-state index in [0.29, 0.717) is 13.0 Å². The van der Waals surface area contributed by atoms with Crippen LogP contribution in [-0.4, -0.2) is 12.5 Å². The van der Waals surface area contributed by atoms with Crippen molar-refractivity contribution in [3.8, 4) is 12.3 Å². The van der Waals surface area contributed by atoms with Crippen LogP contribution in [-0.2, 0) is 4.79 Å². The molecule has 1 amide bonds. The molecule has 1 aromatic rings. The first-order valence-electron chi connectivity index (χ1n) is 4.73. The Labute approximate surface area is 103 Å². The van der Waals surface area contributed by atoms with Crippen LogP contribution in [0.5, 0.6) is 0 Å². The van der Waals surface area contributed by atoms with Gasteiger partial charge in [-0.05, 0) is 34.7 Å². The minimum Gasteiger partial charge on any atom is -0.310 e. The van der Waals surface area contributed by atoms with Crippen LogP contribution >= 0.6 is 22.6 Å². The SMILES string of the molecule is C#CC1CC(=O)N(c2ccccc2I)C1. The predicted octanol–water partition coefficient (Wildman–Crippen LogP) is 2.28. The molecule has 76 valence electrons. The normalized spacial score (nSPS) is 20.4. The predicted molar refractivity (Wildman–Crippen MR) is 68.5 cm³/mol. The Morgan fingerprint density at radius 1 is 1.47 bits per heavy atom. The zero-order valence-corrected chi connectivity index (χ0v) is 10.3. The fraction of sp³-hybridized carbons (Fsp3) is 0.250. The first-order valence-corrected chi connectivity index (χ1v) is 5.81. The van der Waals surface area contributed by atoms with E-state index in [0.717, 1.165) is 9.26 Å². The molecule has 2 rings (SSSR count). The van der Waals surface area contributed by atoms with Gasteiger partial charge >= 0.3 is 0 Å². The molecule has 15 heavy (non-hydrogen) atoms. The van der Waals surface area contributed by atoms with Crippen molar-refractivity contribution >= 4 is 34.2 Å². The Kier molecular flexibility index (Phi) is 2.96. The molecule has 3 heteroatoms. The van der Waals surface area contributed by atoms with Gasteiger partial charge in [-0.15, -0.1) is 12.3 Å². The summed E-state index contributed by atoms with van der Waals surface area (Å²) in [5.41, 5.74) is 0.973. The highest BCUT2D eigenvalue weighted by molar-refractivity contribution is 14.1. The fourth-order valence-electron chi connectivity index (χ4n) is 1.72. The van der Waals surface area contributed by atoms with Crippen molar-refractivity contribution in [3.05, 3.63) is 27.8 Å². The number of nitrogens with zero attached hydrogens (tertiary/aromatic N) is 1. The van der Waals surface area contributed by atoms with Crippen molar-refractivity contribution in [2.75, 3.05) is 11.4 Å². The van der Waals surface area contributed by atoms with Gasteiger partial charge in [0.2, 0.25) is 5.91 Å². The first-order chi connectivity index (χ1) is 7.22. The minimum absolute atomic E-state index is 0.0634. The minimum atomic E-state index is 0.0634. The molecule has 0 N–H and O–H groups in total. The lowest BCUT2D eigenvalue weighted by molar-refractivity contribution is -0.117. The summed E-state index contributed by atoms with van der Waals surface area (Å²) in [6.45, 7) is 0.648. The van der Waals surface area contributed by atoms with Crippen LogP contribution < -0.4 is 4.90 Å². The smallest absolute Gasteiger partial charge is 0.228 e. The average Bonchev–Trinajstić information content (AvgIpc) is 2.60. The van der Waals surface area contributed by atoms with Gasteiger partial charge in [0.25, 0.3) is 0 Å². The third-order valence-corrected chi connectivity index (χ3v) is 3.42. The molecule has 0 saturated carbocycles. The van der Waals surface area contributed by atoms with E-state index in [-0.39, 0.29) is 11.8 Å². The molecule has 0 radical (unpaired) electrons. The van der Waals surface area contributed by atoms with Crippen molar-refractivity contribution in [2.45, 2.75) is 6.42 Å². The summed E-state index contributed by atoms with van der Waals surface area (Å²) in [6.07, 6.45) is 5.82. The Bertz CT molecular complexity index is 435. The van der Waals surface area contributed by atoms with Gasteiger partial charge in [0.05, 0.1) is 5.69 Å². The summed E-state index contributed by atoms with van der Waals surface area (Å²) in [5, 5.41) is 0.